The Kier molecular flexibility index (Phi) is 5.11. The van der Waals surface area contributed by atoms with E-state index in [0.717, 1.165) is 17.8 Å². The van der Waals surface area contributed by atoms with Crippen LogP contribution in [0.3, 0.4) is 0 Å². The highest BCUT2D eigenvalue weighted by Gasteiger charge is 2.24. The third kappa shape index (κ3) is 3.49. The van der Waals surface area contributed by atoms with Crippen LogP contribution in [-0.4, -0.2) is 34.9 Å². The number of amides is 3. The van der Waals surface area contributed by atoms with Gasteiger partial charge in [-0.2, -0.15) is 5.10 Å². The number of aromatic nitrogens is 2. The Morgan fingerprint density at radius 2 is 2.15 bits per heavy atom. The second-order valence-electron chi connectivity index (χ2n) is 6.05. The van der Waals surface area contributed by atoms with Gasteiger partial charge in [0.25, 0.3) is 5.91 Å². The Hall–Kier alpha value is -3.03. The molecule has 0 fully saturated rings. The predicted molar refractivity (Wildman–Crippen MR) is 98.4 cm³/mol. The molecule has 138 valence electrons. The summed E-state index contributed by atoms with van der Waals surface area (Å²) in [5.74, 6) is 0.517. The van der Waals surface area contributed by atoms with Crippen molar-refractivity contribution in [3.05, 3.63) is 36.2 Å². The lowest BCUT2D eigenvalue weighted by Crippen LogP contribution is -2.38. The largest absolute Gasteiger partial charge is 0.481 e. The van der Waals surface area contributed by atoms with Crippen LogP contribution in [0.5, 0.6) is 5.75 Å². The molecule has 0 bridgehead atoms. The molecule has 0 saturated carbocycles. The highest BCUT2D eigenvalue weighted by atomic mass is 16.5. The summed E-state index contributed by atoms with van der Waals surface area (Å²) in [4.78, 5) is 25.9. The number of hydrogen-bond acceptors (Lipinski definition) is 4. The molecule has 2 aromatic rings. The average Bonchev–Trinajstić information content (AvgIpc) is 3.05. The van der Waals surface area contributed by atoms with Crippen molar-refractivity contribution in [3.8, 4) is 5.75 Å². The van der Waals surface area contributed by atoms with E-state index in [9.17, 15) is 9.59 Å². The first-order chi connectivity index (χ1) is 12.5. The van der Waals surface area contributed by atoms with Gasteiger partial charge in [-0.15, -0.1) is 0 Å². The predicted octanol–water partition coefficient (Wildman–Crippen LogP) is 2.44. The summed E-state index contributed by atoms with van der Waals surface area (Å²) in [7, 11) is 1.85. The Labute approximate surface area is 152 Å². The van der Waals surface area contributed by atoms with Crippen molar-refractivity contribution in [2.24, 2.45) is 7.05 Å². The highest BCUT2D eigenvalue weighted by Crippen LogP contribution is 2.34. The van der Waals surface area contributed by atoms with Gasteiger partial charge in [0.1, 0.15) is 5.75 Å². The summed E-state index contributed by atoms with van der Waals surface area (Å²) in [5.41, 5.74) is 2.26. The summed E-state index contributed by atoms with van der Waals surface area (Å²) < 4.78 is 7.24. The van der Waals surface area contributed by atoms with Gasteiger partial charge >= 0.3 is 6.03 Å². The molecule has 0 spiro atoms. The zero-order chi connectivity index (χ0) is 18.7. The van der Waals surface area contributed by atoms with Gasteiger partial charge in [0.2, 0.25) is 0 Å². The molecule has 2 N–H and O–H groups in total. The molecular formula is C18H23N5O3. The molecule has 8 heteroatoms. The van der Waals surface area contributed by atoms with Crippen molar-refractivity contribution >= 4 is 23.3 Å². The van der Waals surface area contributed by atoms with Crippen LogP contribution in [0.25, 0.3) is 0 Å². The number of nitrogens with one attached hydrogen (secondary N) is 2. The number of rotatable bonds is 5. The van der Waals surface area contributed by atoms with Crippen molar-refractivity contribution in [1.82, 2.24) is 15.1 Å². The van der Waals surface area contributed by atoms with E-state index in [2.05, 4.69) is 15.7 Å². The van der Waals surface area contributed by atoms with Gasteiger partial charge in [-0.3, -0.25) is 9.48 Å². The molecule has 0 aliphatic carbocycles. The minimum Gasteiger partial charge on any atom is -0.481 e. The van der Waals surface area contributed by atoms with E-state index in [4.69, 9.17) is 4.74 Å². The van der Waals surface area contributed by atoms with Crippen molar-refractivity contribution < 1.29 is 14.3 Å². The van der Waals surface area contributed by atoms with Crippen molar-refractivity contribution in [2.45, 2.75) is 26.3 Å². The molecule has 1 atom stereocenters. The molecule has 1 aliphatic rings. The van der Waals surface area contributed by atoms with Gasteiger partial charge in [0.05, 0.1) is 17.4 Å². The number of hydrogen-bond donors (Lipinski definition) is 2. The molecule has 1 unspecified atom stereocenters. The lowest BCUT2D eigenvalue weighted by molar-refractivity contribution is -0.121. The fourth-order valence-corrected chi connectivity index (χ4v) is 3.07. The summed E-state index contributed by atoms with van der Waals surface area (Å²) in [5, 5.41) is 9.91. The van der Waals surface area contributed by atoms with Crippen molar-refractivity contribution in [3.63, 3.8) is 0 Å². The number of anilines is 2. The van der Waals surface area contributed by atoms with Crippen LogP contribution in [0.4, 0.5) is 16.2 Å². The number of carbonyl (C=O) groups is 2. The lowest BCUT2D eigenvalue weighted by atomic mass is 10.1. The number of likely N-dealkylation sites (N-methyl/N-ethyl adjacent to an activating group) is 1. The van der Waals surface area contributed by atoms with Gasteiger partial charge in [0.15, 0.2) is 6.61 Å². The van der Waals surface area contributed by atoms with Gasteiger partial charge in [-0.25, -0.2) is 4.79 Å². The number of benzene rings is 1. The fourth-order valence-electron chi connectivity index (χ4n) is 3.07. The minimum atomic E-state index is -0.308. The SMILES string of the molecule is CCC(NC(=O)Nc1ccc2c(c1)OCC(=O)N2CC)c1ccnn1C. The second kappa shape index (κ2) is 7.47. The summed E-state index contributed by atoms with van der Waals surface area (Å²) in [6, 6.07) is 6.71. The normalized spacial score (nSPS) is 14.4. The molecular weight excluding hydrogens is 334 g/mol. The highest BCUT2D eigenvalue weighted by molar-refractivity contribution is 5.98. The Morgan fingerprint density at radius 1 is 1.35 bits per heavy atom. The quantitative estimate of drug-likeness (QED) is 0.860. The van der Waals surface area contributed by atoms with E-state index in [0.29, 0.717) is 18.0 Å². The molecule has 1 aromatic heterocycles. The lowest BCUT2D eigenvalue weighted by Gasteiger charge is -2.28. The van der Waals surface area contributed by atoms with E-state index in [-0.39, 0.29) is 24.6 Å². The fraction of sp³-hybridized carbons (Fsp3) is 0.389. The molecule has 2 heterocycles. The number of ether oxygens (including phenoxy) is 1. The second-order valence-corrected chi connectivity index (χ2v) is 6.05. The van der Waals surface area contributed by atoms with E-state index < -0.39 is 0 Å². The Morgan fingerprint density at radius 3 is 2.81 bits per heavy atom. The average molecular weight is 357 g/mol. The number of nitrogens with zero attached hydrogens (tertiary/aromatic N) is 3. The minimum absolute atomic E-state index is 0.00882. The van der Waals surface area contributed by atoms with Crippen LogP contribution < -0.4 is 20.3 Å². The van der Waals surface area contributed by atoms with E-state index in [1.165, 1.54) is 0 Å². The van der Waals surface area contributed by atoms with Crippen molar-refractivity contribution in [1.29, 1.82) is 0 Å². The first-order valence-corrected chi connectivity index (χ1v) is 8.66. The van der Waals surface area contributed by atoms with Gasteiger partial charge < -0.3 is 20.3 Å². The van der Waals surface area contributed by atoms with Crippen LogP contribution in [0, 0.1) is 0 Å². The van der Waals surface area contributed by atoms with Crippen LogP contribution in [0.2, 0.25) is 0 Å². The third-order valence-corrected chi connectivity index (χ3v) is 4.41. The molecule has 26 heavy (non-hydrogen) atoms. The standard InChI is InChI=1S/C18H23N5O3/c1-4-13(14-8-9-19-22(14)3)21-18(25)20-12-6-7-15-16(10-12)26-11-17(24)23(15)5-2/h6-10,13H,4-5,11H2,1-3H3,(H2,20,21,25). The Balaban J connectivity index is 1.70. The number of fused-ring (bicyclic) bond motifs is 1. The Bertz CT molecular complexity index is 817. The van der Waals surface area contributed by atoms with Crippen LogP contribution in [0.1, 0.15) is 32.0 Å². The molecule has 0 radical (unpaired) electrons. The molecule has 0 saturated heterocycles. The maximum Gasteiger partial charge on any atom is 0.319 e. The first-order valence-electron chi connectivity index (χ1n) is 8.66. The van der Waals surface area contributed by atoms with Crippen LogP contribution >= 0.6 is 0 Å². The van der Waals surface area contributed by atoms with Crippen LogP contribution in [-0.2, 0) is 11.8 Å². The molecule has 1 aliphatic heterocycles. The van der Waals surface area contributed by atoms with E-state index >= 15 is 0 Å². The molecule has 3 amide bonds. The summed E-state index contributed by atoms with van der Waals surface area (Å²) >= 11 is 0. The number of urea groups is 1. The zero-order valence-corrected chi connectivity index (χ0v) is 15.2. The third-order valence-electron chi connectivity index (χ3n) is 4.41. The molecule has 1 aromatic carbocycles. The zero-order valence-electron chi connectivity index (χ0n) is 15.2. The number of carbonyl (C=O) groups excluding carboxylic acids is 2. The number of aryl methyl sites for hydroxylation is 1. The van der Waals surface area contributed by atoms with E-state index in [1.54, 1.807) is 34.0 Å². The molecule has 8 nitrogen and oxygen atoms in total. The van der Waals surface area contributed by atoms with E-state index in [1.807, 2.05) is 27.0 Å². The molecule has 3 rings (SSSR count). The van der Waals surface area contributed by atoms with Crippen LogP contribution in [0.15, 0.2) is 30.5 Å². The maximum atomic E-state index is 12.4. The monoisotopic (exact) mass is 357 g/mol. The topological polar surface area (TPSA) is 88.5 Å². The smallest absolute Gasteiger partial charge is 0.319 e. The maximum absolute atomic E-state index is 12.4. The summed E-state index contributed by atoms with van der Waals surface area (Å²) in [6.45, 7) is 4.50. The van der Waals surface area contributed by atoms with Gasteiger partial charge in [-0.1, -0.05) is 6.92 Å². The van der Waals surface area contributed by atoms with Crippen molar-refractivity contribution in [2.75, 3.05) is 23.4 Å². The van der Waals surface area contributed by atoms with Gasteiger partial charge in [0, 0.05) is 31.5 Å². The summed E-state index contributed by atoms with van der Waals surface area (Å²) in [6.07, 6.45) is 2.45. The van der Waals surface area contributed by atoms with Gasteiger partial charge in [-0.05, 0) is 31.5 Å². The first kappa shape index (κ1) is 17.8.